The number of carbonyl (C=O) groups excluding carboxylic acids is 1. The Bertz CT molecular complexity index is 470. The van der Waals surface area contributed by atoms with Crippen LogP contribution in [-0.2, 0) is 4.79 Å². The summed E-state index contributed by atoms with van der Waals surface area (Å²) in [4.78, 5) is 11.7. The van der Waals surface area contributed by atoms with E-state index < -0.39 is 0 Å². The largest absolute Gasteiger partial charge is 0.306 e. The lowest BCUT2D eigenvalue weighted by Gasteiger charge is -2.22. The Hall–Kier alpha value is -0.950. The number of nitrogens with one attached hydrogen (secondary N) is 2. The van der Waals surface area contributed by atoms with Crippen molar-refractivity contribution in [1.82, 2.24) is 10.7 Å². The van der Waals surface area contributed by atoms with Gasteiger partial charge in [-0.3, -0.25) is 4.79 Å². The van der Waals surface area contributed by atoms with Crippen LogP contribution in [-0.4, -0.2) is 24.7 Å². The number of nitrogens with zero attached hydrogens (tertiary/aromatic N) is 1. The summed E-state index contributed by atoms with van der Waals surface area (Å²) in [6.45, 7) is 0.341. The summed E-state index contributed by atoms with van der Waals surface area (Å²) in [5, 5.41) is 7.29. The predicted molar refractivity (Wildman–Crippen MR) is 89.8 cm³/mol. The van der Waals surface area contributed by atoms with Crippen molar-refractivity contribution in [3.8, 4) is 0 Å². The van der Waals surface area contributed by atoms with Crippen molar-refractivity contribution in [1.29, 1.82) is 0 Å². The first kappa shape index (κ1) is 15.4. The Morgan fingerprint density at radius 3 is 2.80 bits per heavy atom. The van der Waals surface area contributed by atoms with Crippen molar-refractivity contribution < 1.29 is 4.79 Å². The van der Waals surface area contributed by atoms with Crippen LogP contribution in [0.4, 0.5) is 0 Å². The molecule has 20 heavy (non-hydrogen) atoms. The maximum absolute atomic E-state index is 11.7. The summed E-state index contributed by atoms with van der Waals surface area (Å²) in [7, 11) is 0. The molecular weight excluding hydrogens is 365 g/mol. The number of carbonyl (C=O) groups is 1. The molecular formula is C15H20IN3O. The van der Waals surface area contributed by atoms with E-state index in [9.17, 15) is 4.79 Å². The predicted octanol–water partition coefficient (Wildman–Crippen LogP) is 2.66. The van der Waals surface area contributed by atoms with Gasteiger partial charge in [0.1, 0.15) is 0 Å². The monoisotopic (exact) mass is 385 g/mol. The van der Waals surface area contributed by atoms with Gasteiger partial charge in [-0.15, -0.1) is 0 Å². The molecule has 2 rings (SSSR count). The Morgan fingerprint density at radius 2 is 2.05 bits per heavy atom. The lowest BCUT2D eigenvalue weighted by molar-refractivity contribution is -0.120. The average Bonchev–Trinajstić information content (AvgIpc) is 2.48. The highest BCUT2D eigenvalue weighted by Crippen LogP contribution is 2.16. The third kappa shape index (κ3) is 5.20. The minimum absolute atomic E-state index is 0.0854. The van der Waals surface area contributed by atoms with E-state index in [4.69, 9.17) is 0 Å². The van der Waals surface area contributed by atoms with Gasteiger partial charge in [0.25, 0.3) is 5.91 Å². The minimum atomic E-state index is -0.0854. The van der Waals surface area contributed by atoms with Crippen molar-refractivity contribution in [3.63, 3.8) is 0 Å². The molecule has 1 aliphatic carbocycles. The van der Waals surface area contributed by atoms with Gasteiger partial charge < -0.3 is 5.32 Å². The van der Waals surface area contributed by atoms with Crippen LogP contribution in [0, 0.1) is 3.57 Å². The summed E-state index contributed by atoms with van der Waals surface area (Å²) in [6.07, 6.45) is 7.90. The summed E-state index contributed by atoms with van der Waals surface area (Å²) >= 11 is 2.25. The average molecular weight is 385 g/mol. The summed E-state index contributed by atoms with van der Waals surface area (Å²) in [5.74, 6) is -0.0854. The highest BCUT2D eigenvalue weighted by atomic mass is 127. The molecule has 1 aromatic carbocycles. The van der Waals surface area contributed by atoms with Gasteiger partial charge in [0.2, 0.25) is 0 Å². The highest BCUT2D eigenvalue weighted by Gasteiger charge is 2.13. The molecule has 0 saturated heterocycles. The van der Waals surface area contributed by atoms with Gasteiger partial charge in [0.05, 0.1) is 12.8 Å². The van der Waals surface area contributed by atoms with Crippen LogP contribution in [0.3, 0.4) is 0 Å². The molecule has 5 heteroatoms. The number of benzene rings is 1. The molecule has 0 spiro atoms. The molecule has 1 fully saturated rings. The van der Waals surface area contributed by atoms with Crippen molar-refractivity contribution in [2.24, 2.45) is 5.10 Å². The molecule has 1 saturated carbocycles. The van der Waals surface area contributed by atoms with Crippen LogP contribution >= 0.6 is 22.6 Å². The maximum atomic E-state index is 11.7. The Balaban J connectivity index is 1.70. The Labute approximate surface area is 133 Å². The van der Waals surface area contributed by atoms with Crippen molar-refractivity contribution in [2.45, 2.75) is 38.1 Å². The van der Waals surface area contributed by atoms with E-state index in [1.807, 2.05) is 24.3 Å². The SMILES string of the molecule is O=C(CNC1CCCCC1)N/N=C\c1ccccc1I. The highest BCUT2D eigenvalue weighted by molar-refractivity contribution is 14.1. The number of hydrogen-bond acceptors (Lipinski definition) is 3. The van der Waals surface area contributed by atoms with Crippen LogP contribution in [0.15, 0.2) is 29.4 Å². The second-order valence-electron chi connectivity index (χ2n) is 5.03. The van der Waals surface area contributed by atoms with E-state index in [0.717, 1.165) is 9.13 Å². The zero-order valence-corrected chi connectivity index (χ0v) is 13.6. The third-order valence-electron chi connectivity index (χ3n) is 3.45. The van der Waals surface area contributed by atoms with Crippen LogP contribution in [0.5, 0.6) is 0 Å². The van der Waals surface area contributed by atoms with Crippen LogP contribution in [0.2, 0.25) is 0 Å². The Kier molecular flexibility index (Phi) is 6.46. The fraction of sp³-hybridized carbons (Fsp3) is 0.467. The van der Waals surface area contributed by atoms with Gasteiger partial charge in [-0.05, 0) is 41.5 Å². The van der Waals surface area contributed by atoms with E-state index in [1.54, 1.807) is 6.21 Å². The number of halogens is 1. The van der Waals surface area contributed by atoms with E-state index in [1.165, 1.54) is 32.1 Å². The normalized spacial score (nSPS) is 16.4. The molecule has 0 unspecified atom stereocenters. The third-order valence-corrected chi connectivity index (χ3v) is 4.44. The molecule has 1 aromatic rings. The van der Waals surface area contributed by atoms with Gasteiger partial charge in [0.15, 0.2) is 0 Å². The smallest absolute Gasteiger partial charge is 0.254 e. The van der Waals surface area contributed by atoms with E-state index in [0.29, 0.717) is 12.6 Å². The van der Waals surface area contributed by atoms with E-state index in [2.05, 4.69) is 38.4 Å². The minimum Gasteiger partial charge on any atom is -0.306 e. The molecule has 0 bridgehead atoms. The van der Waals surface area contributed by atoms with Crippen LogP contribution < -0.4 is 10.7 Å². The van der Waals surface area contributed by atoms with E-state index >= 15 is 0 Å². The van der Waals surface area contributed by atoms with Crippen LogP contribution in [0.25, 0.3) is 0 Å². The lowest BCUT2D eigenvalue weighted by Crippen LogP contribution is -2.38. The molecule has 1 amide bonds. The summed E-state index contributed by atoms with van der Waals surface area (Å²) < 4.78 is 1.11. The zero-order valence-electron chi connectivity index (χ0n) is 11.4. The molecule has 1 aliphatic rings. The van der Waals surface area contributed by atoms with Gasteiger partial charge in [-0.1, -0.05) is 37.5 Å². The zero-order chi connectivity index (χ0) is 14.2. The fourth-order valence-corrected chi connectivity index (χ4v) is 2.86. The number of amides is 1. The second kappa shape index (κ2) is 8.36. The van der Waals surface area contributed by atoms with Gasteiger partial charge >= 0.3 is 0 Å². The van der Waals surface area contributed by atoms with Crippen LogP contribution in [0.1, 0.15) is 37.7 Å². The van der Waals surface area contributed by atoms with Crippen molar-refractivity contribution in [3.05, 3.63) is 33.4 Å². The van der Waals surface area contributed by atoms with Gasteiger partial charge in [-0.2, -0.15) is 5.10 Å². The number of rotatable bonds is 5. The van der Waals surface area contributed by atoms with Gasteiger partial charge in [-0.25, -0.2) is 5.43 Å². The fourth-order valence-electron chi connectivity index (χ4n) is 2.34. The summed E-state index contributed by atoms with van der Waals surface area (Å²) in [6, 6.07) is 8.40. The quantitative estimate of drug-likeness (QED) is 0.465. The van der Waals surface area contributed by atoms with Crippen molar-refractivity contribution in [2.75, 3.05) is 6.54 Å². The first-order valence-corrected chi connectivity index (χ1v) is 8.13. The molecule has 2 N–H and O–H groups in total. The van der Waals surface area contributed by atoms with E-state index in [-0.39, 0.29) is 5.91 Å². The maximum Gasteiger partial charge on any atom is 0.254 e. The molecule has 0 heterocycles. The number of hydrogen-bond donors (Lipinski definition) is 2. The Morgan fingerprint density at radius 1 is 1.30 bits per heavy atom. The van der Waals surface area contributed by atoms with Gasteiger partial charge in [0, 0.05) is 15.2 Å². The number of hydrazone groups is 1. The molecule has 0 atom stereocenters. The topological polar surface area (TPSA) is 53.5 Å². The first-order chi connectivity index (χ1) is 9.75. The molecule has 0 aromatic heterocycles. The standard InChI is InChI=1S/C15H20IN3O/c16-14-9-5-4-6-12(14)10-18-19-15(20)11-17-13-7-2-1-3-8-13/h4-6,9-10,13,17H,1-3,7-8,11H2,(H,19,20)/b18-10-. The molecule has 4 nitrogen and oxygen atoms in total. The molecule has 0 aliphatic heterocycles. The summed E-state index contributed by atoms with van der Waals surface area (Å²) in [5.41, 5.74) is 3.57. The van der Waals surface area contributed by atoms with Crippen molar-refractivity contribution >= 4 is 34.7 Å². The molecule has 108 valence electrons. The lowest BCUT2D eigenvalue weighted by atomic mass is 9.95. The first-order valence-electron chi connectivity index (χ1n) is 7.05. The molecule has 0 radical (unpaired) electrons. The second-order valence-corrected chi connectivity index (χ2v) is 6.19.